The van der Waals surface area contributed by atoms with Crippen LogP contribution < -0.4 is 4.74 Å². The zero-order valence-corrected chi connectivity index (χ0v) is 20.3. The lowest BCUT2D eigenvalue weighted by molar-refractivity contribution is -0.245. The molecule has 3 rings (SSSR count). The maximum absolute atomic E-state index is 12.0. The van der Waals surface area contributed by atoms with E-state index in [4.69, 9.17) is 23.7 Å². The minimum atomic E-state index is -1.07. The van der Waals surface area contributed by atoms with Crippen LogP contribution in [-0.2, 0) is 33.3 Å². The van der Waals surface area contributed by atoms with Gasteiger partial charge >= 0.3 is 17.9 Å². The Morgan fingerprint density at radius 1 is 0.941 bits per heavy atom. The highest BCUT2D eigenvalue weighted by Crippen LogP contribution is 2.42. The van der Waals surface area contributed by atoms with E-state index in [0.717, 1.165) is 24.8 Å². The Kier molecular flexibility index (Phi) is 8.54. The Bertz CT molecular complexity index is 898. The first-order valence-electron chi connectivity index (χ1n) is 11.6. The summed E-state index contributed by atoms with van der Waals surface area (Å²) >= 11 is 0. The number of esters is 3. The second kappa shape index (κ2) is 11.2. The van der Waals surface area contributed by atoms with E-state index >= 15 is 0 Å². The van der Waals surface area contributed by atoms with Gasteiger partial charge in [-0.15, -0.1) is 0 Å². The van der Waals surface area contributed by atoms with E-state index in [1.54, 1.807) is 6.92 Å². The standard InChI is InChI=1S/C25H34O9/c1-13-22(32-14(2)26)24(33-15(3)27)25(34-16(4)28)23(31-13)20-10-9-18(12-21(20)30-5)17-7-6-8-19(29)11-17/h9-10,12-13,17,19,22-25,29H,6-8,11H2,1-5H3/t13-,17?,19?,22+,23+,24+,25+/m0/s1. The van der Waals surface area contributed by atoms with Crippen LogP contribution in [0.3, 0.4) is 0 Å². The zero-order chi connectivity index (χ0) is 25.0. The van der Waals surface area contributed by atoms with Crippen molar-refractivity contribution in [3.05, 3.63) is 29.3 Å². The quantitative estimate of drug-likeness (QED) is 0.486. The number of hydrogen-bond donors (Lipinski definition) is 1. The predicted molar refractivity (Wildman–Crippen MR) is 120 cm³/mol. The van der Waals surface area contributed by atoms with Crippen molar-refractivity contribution in [1.29, 1.82) is 0 Å². The Morgan fingerprint density at radius 3 is 2.15 bits per heavy atom. The van der Waals surface area contributed by atoms with Gasteiger partial charge in [0.05, 0.1) is 19.3 Å². The molecule has 0 spiro atoms. The highest BCUT2D eigenvalue weighted by Gasteiger charge is 2.51. The number of rotatable bonds is 6. The van der Waals surface area contributed by atoms with E-state index in [9.17, 15) is 19.5 Å². The van der Waals surface area contributed by atoms with Gasteiger partial charge in [0.15, 0.2) is 18.3 Å². The predicted octanol–water partition coefficient (Wildman–Crippen LogP) is 2.97. The van der Waals surface area contributed by atoms with Crippen molar-refractivity contribution in [2.45, 2.75) is 95.9 Å². The van der Waals surface area contributed by atoms with Gasteiger partial charge in [0.1, 0.15) is 11.9 Å². The fraction of sp³-hybridized carbons (Fsp3) is 0.640. The molecule has 0 aromatic heterocycles. The third kappa shape index (κ3) is 6.07. The van der Waals surface area contributed by atoms with E-state index in [1.807, 2.05) is 18.2 Å². The molecule has 9 heteroatoms. The molecular weight excluding hydrogens is 444 g/mol. The summed E-state index contributed by atoms with van der Waals surface area (Å²) in [6, 6.07) is 5.72. The monoisotopic (exact) mass is 478 g/mol. The SMILES string of the molecule is COc1cc(C2CCCC(O)C2)ccc1[C@H]1O[C@@H](C)[C@@H](OC(C)=O)[C@@H](OC(C)=O)[C@@H]1OC(C)=O. The average molecular weight is 479 g/mol. The number of ether oxygens (including phenoxy) is 5. The fourth-order valence-electron chi connectivity index (χ4n) is 4.95. The molecule has 34 heavy (non-hydrogen) atoms. The molecule has 9 nitrogen and oxygen atoms in total. The van der Waals surface area contributed by atoms with Crippen LogP contribution in [-0.4, -0.2) is 60.6 Å². The lowest BCUT2D eigenvalue weighted by atomic mass is 9.81. The largest absolute Gasteiger partial charge is 0.496 e. The third-order valence-electron chi connectivity index (χ3n) is 6.36. The average Bonchev–Trinajstić information content (AvgIpc) is 2.76. The number of carbonyl (C=O) groups is 3. The minimum Gasteiger partial charge on any atom is -0.496 e. The molecule has 1 aliphatic carbocycles. The van der Waals surface area contributed by atoms with Gasteiger partial charge in [-0.05, 0) is 43.7 Å². The maximum atomic E-state index is 12.0. The first kappa shape index (κ1) is 26.0. The van der Waals surface area contributed by atoms with Gasteiger partial charge in [0, 0.05) is 26.3 Å². The Morgan fingerprint density at radius 2 is 1.56 bits per heavy atom. The van der Waals surface area contributed by atoms with Crippen molar-refractivity contribution in [2.24, 2.45) is 0 Å². The van der Waals surface area contributed by atoms with Crippen LogP contribution in [0.25, 0.3) is 0 Å². The third-order valence-corrected chi connectivity index (χ3v) is 6.36. The van der Waals surface area contributed by atoms with E-state index in [1.165, 1.54) is 27.9 Å². The zero-order valence-electron chi connectivity index (χ0n) is 20.3. The van der Waals surface area contributed by atoms with Gasteiger partial charge in [-0.25, -0.2) is 0 Å². The molecule has 0 bridgehead atoms. The molecule has 1 aromatic rings. The topological polar surface area (TPSA) is 118 Å². The van der Waals surface area contributed by atoms with Crippen molar-refractivity contribution < 1.29 is 43.2 Å². The van der Waals surface area contributed by atoms with Gasteiger partial charge in [0.2, 0.25) is 0 Å². The van der Waals surface area contributed by atoms with Gasteiger partial charge in [-0.1, -0.05) is 18.6 Å². The second-order valence-electron chi connectivity index (χ2n) is 9.00. The Hall–Kier alpha value is -2.65. The molecule has 2 fully saturated rings. The van der Waals surface area contributed by atoms with Gasteiger partial charge < -0.3 is 28.8 Å². The molecule has 1 heterocycles. The number of carbonyl (C=O) groups excluding carboxylic acids is 3. The van der Waals surface area contributed by atoms with Crippen LogP contribution in [0.4, 0.5) is 0 Å². The summed E-state index contributed by atoms with van der Waals surface area (Å²) in [5.74, 6) is -1.04. The summed E-state index contributed by atoms with van der Waals surface area (Å²) in [4.78, 5) is 35.6. The van der Waals surface area contributed by atoms with E-state index in [2.05, 4.69) is 0 Å². The summed E-state index contributed by atoms with van der Waals surface area (Å²) in [5, 5.41) is 10.1. The van der Waals surface area contributed by atoms with Crippen LogP contribution in [0.1, 0.15) is 76.5 Å². The van der Waals surface area contributed by atoms with E-state index < -0.39 is 48.4 Å². The molecule has 1 N–H and O–H groups in total. The molecule has 7 atom stereocenters. The Labute approximate surface area is 199 Å². The molecule has 1 aromatic carbocycles. The van der Waals surface area contributed by atoms with Gasteiger partial charge in [-0.2, -0.15) is 0 Å². The fourth-order valence-corrected chi connectivity index (χ4v) is 4.95. The Balaban J connectivity index is 2.00. The van der Waals surface area contributed by atoms with Crippen LogP contribution in [0.2, 0.25) is 0 Å². The highest BCUT2D eigenvalue weighted by atomic mass is 16.6. The number of aliphatic hydroxyl groups excluding tert-OH is 1. The van der Waals surface area contributed by atoms with E-state index in [-0.39, 0.29) is 12.0 Å². The van der Waals surface area contributed by atoms with Crippen LogP contribution >= 0.6 is 0 Å². The van der Waals surface area contributed by atoms with Crippen LogP contribution in [0.5, 0.6) is 5.75 Å². The molecule has 1 saturated heterocycles. The lowest BCUT2D eigenvalue weighted by Gasteiger charge is -2.44. The summed E-state index contributed by atoms with van der Waals surface area (Å²) in [7, 11) is 1.54. The first-order chi connectivity index (χ1) is 16.1. The number of aliphatic hydroxyl groups is 1. The van der Waals surface area contributed by atoms with Crippen molar-refractivity contribution in [2.75, 3.05) is 7.11 Å². The maximum Gasteiger partial charge on any atom is 0.303 e. The van der Waals surface area contributed by atoms with Crippen molar-refractivity contribution in [3.63, 3.8) is 0 Å². The summed E-state index contributed by atoms with van der Waals surface area (Å²) in [5.41, 5.74) is 1.65. The normalized spacial score (nSPS) is 31.3. The minimum absolute atomic E-state index is 0.212. The molecule has 2 aliphatic rings. The molecule has 0 radical (unpaired) electrons. The van der Waals surface area contributed by atoms with E-state index in [0.29, 0.717) is 17.7 Å². The van der Waals surface area contributed by atoms with Gasteiger partial charge in [0.25, 0.3) is 0 Å². The van der Waals surface area contributed by atoms with Crippen molar-refractivity contribution >= 4 is 17.9 Å². The molecular formula is C25H34O9. The molecule has 188 valence electrons. The highest BCUT2D eigenvalue weighted by molar-refractivity contribution is 5.68. The molecule has 1 aliphatic heterocycles. The summed E-state index contributed by atoms with van der Waals surface area (Å²) in [6.07, 6.45) is -1.49. The molecule has 1 saturated carbocycles. The van der Waals surface area contributed by atoms with Crippen LogP contribution in [0.15, 0.2) is 18.2 Å². The number of hydrogen-bond acceptors (Lipinski definition) is 9. The summed E-state index contributed by atoms with van der Waals surface area (Å²) < 4.78 is 28.3. The van der Waals surface area contributed by atoms with Gasteiger partial charge in [-0.3, -0.25) is 14.4 Å². The molecule has 2 unspecified atom stereocenters. The smallest absolute Gasteiger partial charge is 0.303 e. The lowest BCUT2D eigenvalue weighted by Crippen LogP contribution is -2.57. The number of methoxy groups -OCH3 is 1. The number of benzene rings is 1. The van der Waals surface area contributed by atoms with Crippen molar-refractivity contribution in [1.82, 2.24) is 0 Å². The second-order valence-corrected chi connectivity index (χ2v) is 9.00. The van der Waals surface area contributed by atoms with Crippen molar-refractivity contribution in [3.8, 4) is 5.75 Å². The first-order valence-corrected chi connectivity index (χ1v) is 11.6. The van der Waals surface area contributed by atoms with Crippen LogP contribution in [0, 0.1) is 0 Å². The molecule has 0 amide bonds. The summed E-state index contributed by atoms with van der Waals surface area (Å²) in [6.45, 7) is 5.42.